The number of hydrogen-bond donors (Lipinski definition) is 2. The molecule has 142 valence electrons. The lowest BCUT2D eigenvalue weighted by molar-refractivity contribution is -0.188. The molecule has 0 spiro atoms. The average molecular weight is 477 g/mol. The summed E-state index contributed by atoms with van der Waals surface area (Å²) in [4.78, 5) is 7.25. The number of fused-ring (bicyclic) bond motifs is 1. The van der Waals surface area contributed by atoms with Crippen LogP contribution in [0.2, 0.25) is 0 Å². The van der Waals surface area contributed by atoms with Gasteiger partial charge in [-0.25, -0.2) is 0 Å². The topological polar surface area (TPSA) is 45.7 Å². The number of halogens is 1. The Morgan fingerprint density at radius 1 is 1.44 bits per heavy atom. The molecule has 2 N–H and O–H groups in total. The van der Waals surface area contributed by atoms with Crippen molar-refractivity contribution in [2.75, 3.05) is 13.7 Å². The highest BCUT2D eigenvalue weighted by Crippen LogP contribution is 2.51. The molecule has 6 heteroatoms. The molecule has 2 heterocycles. The maximum atomic E-state index is 6.00. The summed E-state index contributed by atoms with van der Waals surface area (Å²) in [5.74, 6) is 1.53. The van der Waals surface area contributed by atoms with Crippen LogP contribution >= 0.6 is 35.3 Å². The largest absolute Gasteiger partial charge is 0.377 e. The third-order valence-corrected chi connectivity index (χ3v) is 6.56. The second-order valence-electron chi connectivity index (χ2n) is 7.87. The van der Waals surface area contributed by atoms with Gasteiger partial charge in [-0.1, -0.05) is 13.8 Å². The van der Waals surface area contributed by atoms with Crippen LogP contribution in [0.15, 0.2) is 17.1 Å². The summed E-state index contributed by atoms with van der Waals surface area (Å²) in [7, 11) is 1.86. The molecule has 1 aromatic rings. The fourth-order valence-corrected chi connectivity index (χ4v) is 5.33. The lowest BCUT2D eigenvalue weighted by Gasteiger charge is -2.60. The molecule has 0 aromatic carbocycles. The van der Waals surface area contributed by atoms with Gasteiger partial charge in [0.2, 0.25) is 0 Å². The highest BCUT2D eigenvalue weighted by Gasteiger charge is 2.58. The molecule has 3 rings (SSSR count). The first kappa shape index (κ1) is 21.0. The van der Waals surface area contributed by atoms with Crippen LogP contribution in [0.3, 0.4) is 0 Å². The van der Waals surface area contributed by atoms with Gasteiger partial charge in [0.15, 0.2) is 5.96 Å². The van der Waals surface area contributed by atoms with Crippen molar-refractivity contribution in [3.8, 4) is 0 Å². The summed E-state index contributed by atoms with van der Waals surface area (Å²) in [6.07, 6.45) is 3.86. The lowest BCUT2D eigenvalue weighted by Crippen LogP contribution is -2.71. The Hall–Kier alpha value is -0.340. The monoisotopic (exact) mass is 477 g/mol. The summed E-state index contributed by atoms with van der Waals surface area (Å²) in [6.45, 7) is 9.92. The van der Waals surface area contributed by atoms with Crippen LogP contribution in [-0.4, -0.2) is 37.8 Å². The fourth-order valence-electron chi connectivity index (χ4n) is 4.31. The SMILES string of the molecule is CN=C(NC(C)Cc1ccc(C)s1)NC1C2CCCOC2C1(C)C.I. The summed E-state index contributed by atoms with van der Waals surface area (Å²) < 4.78 is 6.00. The molecular formula is C19H32IN3OS. The number of ether oxygens (including phenoxy) is 1. The molecule has 0 bridgehead atoms. The zero-order valence-corrected chi connectivity index (χ0v) is 19.1. The van der Waals surface area contributed by atoms with Crippen LogP contribution in [0.4, 0.5) is 0 Å². The van der Waals surface area contributed by atoms with Gasteiger partial charge >= 0.3 is 0 Å². The van der Waals surface area contributed by atoms with E-state index in [-0.39, 0.29) is 29.4 Å². The van der Waals surface area contributed by atoms with Crippen LogP contribution < -0.4 is 10.6 Å². The van der Waals surface area contributed by atoms with E-state index in [0.29, 0.717) is 24.1 Å². The third-order valence-electron chi connectivity index (χ3n) is 5.53. The van der Waals surface area contributed by atoms with E-state index in [1.807, 2.05) is 18.4 Å². The van der Waals surface area contributed by atoms with Gasteiger partial charge in [-0.2, -0.15) is 0 Å². The zero-order chi connectivity index (χ0) is 17.3. The van der Waals surface area contributed by atoms with Crippen molar-refractivity contribution >= 4 is 41.3 Å². The van der Waals surface area contributed by atoms with Crippen LogP contribution in [-0.2, 0) is 11.2 Å². The molecule has 4 atom stereocenters. The average Bonchev–Trinajstić information content (AvgIpc) is 2.96. The molecule has 2 aliphatic rings. The van der Waals surface area contributed by atoms with Crippen molar-refractivity contribution in [3.63, 3.8) is 0 Å². The Bertz CT molecular complexity index is 601. The molecule has 0 radical (unpaired) electrons. The minimum absolute atomic E-state index is 0. The molecule has 25 heavy (non-hydrogen) atoms. The fraction of sp³-hybridized carbons (Fsp3) is 0.737. The van der Waals surface area contributed by atoms with E-state index >= 15 is 0 Å². The number of rotatable bonds is 4. The van der Waals surface area contributed by atoms with Crippen LogP contribution in [0, 0.1) is 18.3 Å². The summed E-state index contributed by atoms with van der Waals surface area (Å²) in [5, 5.41) is 7.24. The van der Waals surface area contributed by atoms with E-state index in [1.54, 1.807) is 0 Å². The Kier molecular flexibility index (Phi) is 7.18. The lowest BCUT2D eigenvalue weighted by atomic mass is 9.55. The molecule has 4 unspecified atom stereocenters. The molecule has 1 saturated carbocycles. The summed E-state index contributed by atoms with van der Waals surface area (Å²) >= 11 is 1.88. The minimum atomic E-state index is 0. The van der Waals surface area contributed by atoms with Crippen molar-refractivity contribution in [2.45, 2.75) is 65.1 Å². The number of hydrogen-bond acceptors (Lipinski definition) is 3. The van der Waals surface area contributed by atoms with Gasteiger partial charge < -0.3 is 15.4 Å². The Labute approximate surface area is 173 Å². The second-order valence-corrected chi connectivity index (χ2v) is 9.25. The van der Waals surface area contributed by atoms with Crippen molar-refractivity contribution in [3.05, 3.63) is 21.9 Å². The van der Waals surface area contributed by atoms with Gasteiger partial charge in [0.25, 0.3) is 0 Å². The van der Waals surface area contributed by atoms with Gasteiger partial charge in [0.05, 0.1) is 6.10 Å². The minimum Gasteiger partial charge on any atom is -0.377 e. The Morgan fingerprint density at radius 3 is 2.84 bits per heavy atom. The van der Waals surface area contributed by atoms with Crippen molar-refractivity contribution in [1.82, 2.24) is 10.6 Å². The number of aryl methyl sites for hydroxylation is 1. The van der Waals surface area contributed by atoms with E-state index < -0.39 is 0 Å². The van der Waals surface area contributed by atoms with Gasteiger partial charge in [0, 0.05) is 53.2 Å². The van der Waals surface area contributed by atoms with E-state index in [1.165, 1.54) is 22.6 Å². The molecule has 1 aliphatic heterocycles. The highest BCUT2D eigenvalue weighted by molar-refractivity contribution is 14.0. The maximum absolute atomic E-state index is 6.00. The van der Waals surface area contributed by atoms with E-state index in [9.17, 15) is 0 Å². The first-order valence-electron chi connectivity index (χ1n) is 9.08. The third kappa shape index (κ3) is 4.50. The van der Waals surface area contributed by atoms with Crippen molar-refractivity contribution < 1.29 is 4.74 Å². The first-order chi connectivity index (χ1) is 11.4. The number of nitrogens with one attached hydrogen (secondary N) is 2. The van der Waals surface area contributed by atoms with E-state index in [0.717, 1.165) is 19.0 Å². The summed E-state index contributed by atoms with van der Waals surface area (Å²) in [5.41, 5.74) is 0.164. The van der Waals surface area contributed by atoms with Crippen LogP contribution in [0.5, 0.6) is 0 Å². The Balaban J connectivity index is 0.00000225. The standard InChI is InChI=1S/C19H31N3OS.HI/c1-12(11-14-9-8-13(2)24-14)21-18(20-5)22-16-15-7-6-10-23-17(15)19(16,3)4;/h8-9,12,15-17H,6-7,10-11H2,1-5H3,(H2,20,21,22);1H. The Morgan fingerprint density at radius 2 is 2.20 bits per heavy atom. The molecule has 1 aromatic heterocycles. The van der Waals surface area contributed by atoms with E-state index in [2.05, 4.69) is 55.5 Å². The second kappa shape index (κ2) is 8.57. The smallest absolute Gasteiger partial charge is 0.191 e. The predicted octanol–water partition coefficient (Wildman–Crippen LogP) is 3.97. The highest BCUT2D eigenvalue weighted by atomic mass is 127. The van der Waals surface area contributed by atoms with E-state index in [4.69, 9.17) is 4.74 Å². The number of aliphatic imine (C=N–C) groups is 1. The van der Waals surface area contributed by atoms with Crippen molar-refractivity contribution in [1.29, 1.82) is 0 Å². The maximum Gasteiger partial charge on any atom is 0.191 e. The first-order valence-corrected chi connectivity index (χ1v) is 9.90. The van der Waals surface area contributed by atoms with Crippen LogP contribution in [0.1, 0.15) is 43.4 Å². The quantitative estimate of drug-likeness (QED) is 0.392. The van der Waals surface area contributed by atoms with Gasteiger partial charge in [0.1, 0.15) is 0 Å². The summed E-state index contributed by atoms with van der Waals surface area (Å²) in [6, 6.07) is 5.22. The molecule has 4 nitrogen and oxygen atoms in total. The van der Waals surface area contributed by atoms with Gasteiger partial charge in [-0.15, -0.1) is 35.3 Å². The van der Waals surface area contributed by atoms with Gasteiger partial charge in [-0.05, 0) is 38.8 Å². The molecule has 0 amide bonds. The molecule has 1 saturated heterocycles. The number of thiophene rings is 1. The van der Waals surface area contributed by atoms with Crippen molar-refractivity contribution in [2.24, 2.45) is 16.3 Å². The number of nitrogens with zero attached hydrogens (tertiary/aromatic N) is 1. The predicted molar refractivity (Wildman–Crippen MR) is 117 cm³/mol. The normalized spacial score (nSPS) is 29.0. The molecule has 1 aliphatic carbocycles. The molecule has 2 fully saturated rings. The zero-order valence-electron chi connectivity index (χ0n) is 16.0. The van der Waals surface area contributed by atoms with Crippen LogP contribution in [0.25, 0.3) is 0 Å². The molecular weight excluding hydrogens is 445 g/mol. The van der Waals surface area contributed by atoms with Gasteiger partial charge in [-0.3, -0.25) is 4.99 Å². The number of guanidine groups is 1.